The number of nitrogens with zero attached hydrogens (tertiary/aromatic N) is 1. The Hall–Kier alpha value is -0.900. The van der Waals surface area contributed by atoms with Crippen LogP contribution >= 0.6 is 0 Å². The molecule has 1 aromatic carbocycles. The van der Waals surface area contributed by atoms with Crippen molar-refractivity contribution in [1.82, 2.24) is 4.90 Å². The fourth-order valence-corrected chi connectivity index (χ4v) is 2.90. The topological polar surface area (TPSA) is 49.5 Å². The molecule has 1 saturated heterocycles. The molecule has 0 bridgehead atoms. The number of nitrogens with two attached hydrogens (primary N) is 1. The Labute approximate surface area is 110 Å². The van der Waals surface area contributed by atoms with Crippen LogP contribution in [0.15, 0.2) is 24.3 Å². The van der Waals surface area contributed by atoms with Crippen molar-refractivity contribution in [3.63, 3.8) is 0 Å². The number of aliphatic hydroxyl groups excluding tert-OH is 1. The summed E-state index contributed by atoms with van der Waals surface area (Å²) in [6, 6.07) is 8.89. The zero-order valence-electron chi connectivity index (χ0n) is 11.2. The minimum Gasteiger partial charge on any atom is -0.396 e. The summed E-state index contributed by atoms with van der Waals surface area (Å²) < 4.78 is 0. The van der Waals surface area contributed by atoms with E-state index in [9.17, 15) is 5.11 Å². The average molecular weight is 248 g/mol. The van der Waals surface area contributed by atoms with Gasteiger partial charge < -0.3 is 10.8 Å². The third kappa shape index (κ3) is 3.10. The van der Waals surface area contributed by atoms with Gasteiger partial charge in [-0.15, -0.1) is 0 Å². The molecule has 2 atom stereocenters. The summed E-state index contributed by atoms with van der Waals surface area (Å²) in [4.78, 5) is 2.43. The van der Waals surface area contributed by atoms with E-state index < -0.39 is 0 Å². The Morgan fingerprint density at radius 2 is 2.33 bits per heavy atom. The zero-order chi connectivity index (χ0) is 13.0. The summed E-state index contributed by atoms with van der Waals surface area (Å²) in [7, 11) is 0. The first-order valence-electron chi connectivity index (χ1n) is 6.86. The molecule has 1 aliphatic heterocycles. The first-order chi connectivity index (χ1) is 8.74. The van der Waals surface area contributed by atoms with Gasteiger partial charge in [-0.1, -0.05) is 29.8 Å². The lowest BCUT2D eigenvalue weighted by atomic mass is 9.95. The molecule has 0 amide bonds. The predicted octanol–water partition coefficient (Wildman–Crippen LogP) is 1.70. The number of rotatable bonds is 4. The van der Waals surface area contributed by atoms with Crippen LogP contribution in [0.25, 0.3) is 0 Å². The van der Waals surface area contributed by atoms with E-state index in [0.29, 0.717) is 25.1 Å². The van der Waals surface area contributed by atoms with Gasteiger partial charge in [0.05, 0.1) is 0 Å². The molecule has 3 heteroatoms. The lowest BCUT2D eigenvalue weighted by Gasteiger charge is -2.37. The highest BCUT2D eigenvalue weighted by molar-refractivity contribution is 5.25. The van der Waals surface area contributed by atoms with Crippen molar-refractivity contribution in [2.24, 2.45) is 11.7 Å². The monoisotopic (exact) mass is 248 g/mol. The van der Waals surface area contributed by atoms with Gasteiger partial charge in [0.2, 0.25) is 0 Å². The van der Waals surface area contributed by atoms with Crippen molar-refractivity contribution < 1.29 is 5.11 Å². The third-order valence-corrected chi connectivity index (χ3v) is 3.90. The van der Waals surface area contributed by atoms with Gasteiger partial charge >= 0.3 is 0 Å². The molecule has 0 spiro atoms. The standard InChI is InChI=1S/C15H24N2O/c1-12-4-2-6-14(8-12)15(9-16)17-7-3-5-13(10-17)11-18/h2,4,6,8,13,15,18H,3,5,7,9-11,16H2,1H3. The largest absolute Gasteiger partial charge is 0.396 e. The van der Waals surface area contributed by atoms with Gasteiger partial charge in [0.15, 0.2) is 0 Å². The van der Waals surface area contributed by atoms with Gasteiger partial charge in [-0.25, -0.2) is 0 Å². The molecule has 3 nitrogen and oxygen atoms in total. The molecule has 0 aliphatic carbocycles. The van der Waals surface area contributed by atoms with Crippen LogP contribution in [0.3, 0.4) is 0 Å². The van der Waals surface area contributed by atoms with Crippen molar-refractivity contribution in [2.75, 3.05) is 26.2 Å². The van der Waals surface area contributed by atoms with Gasteiger partial charge in [-0.05, 0) is 37.8 Å². The van der Waals surface area contributed by atoms with E-state index in [2.05, 4.69) is 36.1 Å². The zero-order valence-corrected chi connectivity index (χ0v) is 11.2. The maximum absolute atomic E-state index is 9.32. The summed E-state index contributed by atoms with van der Waals surface area (Å²) in [6.45, 7) is 5.10. The van der Waals surface area contributed by atoms with Crippen LogP contribution in [-0.2, 0) is 0 Å². The van der Waals surface area contributed by atoms with E-state index in [1.807, 2.05) is 0 Å². The molecule has 2 rings (SSSR count). The van der Waals surface area contributed by atoms with Gasteiger partial charge in [-0.2, -0.15) is 0 Å². The van der Waals surface area contributed by atoms with Gasteiger partial charge in [0, 0.05) is 25.7 Å². The molecule has 18 heavy (non-hydrogen) atoms. The Balaban J connectivity index is 2.12. The highest BCUT2D eigenvalue weighted by Crippen LogP contribution is 2.26. The van der Waals surface area contributed by atoms with Crippen molar-refractivity contribution >= 4 is 0 Å². The molecular weight excluding hydrogens is 224 g/mol. The fraction of sp³-hybridized carbons (Fsp3) is 0.600. The molecule has 1 aromatic rings. The number of aliphatic hydroxyl groups is 1. The SMILES string of the molecule is Cc1cccc(C(CN)N2CCCC(CO)C2)c1. The number of benzene rings is 1. The molecule has 1 heterocycles. The first-order valence-corrected chi connectivity index (χ1v) is 6.86. The van der Waals surface area contributed by atoms with Crippen molar-refractivity contribution in [2.45, 2.75) is 25.8 Å². The van der Waals surface area contributed by atoms with Crippen LogP contribution in [0, 0.1) is 12.8 Å². The average Bonchev–Trinajstić information content (AvgIpc) is 2.40. The van der Waals surface area contributed by atoms with Crippen LogP contribution in [0.5, 0.6) is 0 Å². The number of likely N-dealkylation sites (tertiary alicyclic amines) is 1. The molecule has 3 N–H and O–H groups in total. The second kappa shape index (κ2) is 6.32. The summed E-state index contributed by atoms with van der Waals surface area (Å²) >= 11 is 0. The first kappa shape index (κ1) is 13.5. The number of aryl methyl sites for hydroxylation is 1. The molecular formula is C15H24N2O. The summed E-state index contributed by atoms with van der Waals surface area (Å²) in [6.07, 6.45) is 2.30. The highest BCUT2D eigenvalue weighted by Gasteiger charge is 2.25. The lowest BCUT2D eigenvalue weighted by molar-refractivity contribution is 0.0900. The minimum absolute atomic E-state index is 0.291. The van der Waals surface area contributed by atoms with E-state index in [0.717, 1.165) is 25.9 Å². The number of piperidine rings is 1. The van der Waals surface area contributed by atoms with Crippen LogP contribution in [0.2, 0.25) is 0 Å². The molecule has 0 aromatic heterocycles. The molecule has 2 unspecified atom stereocenters. The second-order valence-corrected chi connectivity index (χ2v) is 5.35. The normalized spacial score (nSPS) is 22.9. The third-order valence-electron chi connectivity index (χ3n) is 3.90. The van der Waals surface area contributed by atoms with Crippen molar-refractivity contribution in [1.29, 1.82) is 0 Å². The van der Waals surface area contributed by atoms with E-state index in [1.165, 1.54) is 11.1 Å². The second-order valence-electron chi connectivity index (χ2n) is 5.35. The van der Waals surface area contributed by atoms with E-state index >= 15 is 0 Å². The molecule has 0 radical (unpaired) electrons. The Bertz CT molecular complexity index is 381. The number of hydrogen-bond acceptors (Lipinski definition) is 3. The van der Waals surface area contributed by atoms with Crippen LogP contribution in [-0.4, -0.2) is 36.2 Å². The van der Waals surface area contributed by atoms with Crippen LogP contribution < -0.4 is 5.73 Å². The Morgan fingerprint density at radius 3 is 3.00 bits per heavy atom. The van der Waals surface area contributed by atoms with Gasteiger partial charge in [-0.3, -0.25) is 4.90 Å². The van der Waals surface area contributed by atoms with E-state index in [1.54, 1.807) is 0 Å². The van der Waals surface area contributed by atoms with Crippen molar-refractivity contribution in [3.8, 4) is 0 Å². The molecule has 100 valence electrons. The Kier molecular flexibility index (Phi) is 4.75. The maximum atomic E-state index is 9.32. The minimum atomic E-state index is 0.291. The molecule has 1 aliphatic rings. The summed E-state index contributed by atoms with van der Waals surface area (Å²) in [5.41, 5.74) is 8.55. The van der Waals surface area contributed by atoms with Gasteiger partial charge in [0.1, 0.15) is 0 Å². The smallest absolute Gasteiger partial charge is 0.0471 e. The highest BCUT2D eigenvalue weighted by atomic mass is 16.3. The lowest BCUT2D eigenvalue weighted by Crippen LogP contribution is -2.42. The predicted molar refractivity (Wildman–Crippen MR) is 74.4 cm³/mol. The maximum Gasteiger partial charge on any atom is 0.0471 e. The van der Waals surface area contributed by atoms with Crippen molar-refractivity contribution in [3.05, 3.63) is 35.4 Å². The molecule has 1 fully saturated rings. The fourth-order valence-electron chi connectivity index (χ4n) is 2.90. The van der Waals surface area contributed by atoms with Crippen LogP contribution in [0.4, 0.5) is 0 Å². The summed E-state index contributed by atoms with van der Waals surface area (Å²) in [5, 5.41) is 9.32. The number of hydrogen-bond donors (Lipinski definition) is 2. The summed E-state index contributed by atoms with van der Waals surface area (Å²) in [5.74, 6) is 0.414. The van der Waals surface area contributed by atoms with Gasteiger partial charge in [0.25, 0.3) is 0 Å². The van der Waals surface area contributed by atoms with E-state index in [-0.39, 0.29) is 0 Å². The van der Waals surface area contributed by atoms with Crippen LogP contribution in [0.1, 0.15) is 30.0 Å². The molecule has 0 saturated carbocycles. The van der Waals surface area contributed by atoms with E-state index in [4.69, 9.17) is 5.73 Å². The quantitative estimate of drug-likeness (QED) is 0.852. The Morgan fingerprint density at radius 1 is 1.50 bits per heavy atom.